The lowest BCUT2D eigenvalue weighted by molar-refractivity contribution is -0.144. The van der Waals surface area contributed by atoms with Gasteiger partial charge >= 0.3 is 11.9 Å². The maximum Gasteiger partial charge on any atom is 0.362 e. The Kier molecular flexibility index (Phi) is 9.48. The normalized spacial score (nSPS) is 11.6. The number of aliphatic hydroxyl groups excluding tert-OH is 2. The maximum absolute atomic E-state index is 12.1. The molecule has 0 fully saturated rings. The van der Waals surface area contributed by atoms with E-state index in [0.29, 0.717) is 12.6 Å². The van der Waals surface area contributed by atoms with Crippen molar-refractivity contribution >= 4 is 11.9 Å². The molecule has 0 atom stereocenters. The number of ether oxygens (including phenoxy) is 1. The summed E-state index contributed by atoms with van der Waals surface area (Å²) in [6, 6.07) is 0. The molecule has 1 rings (SSSR count). The highest BCUT2D eigenvalue weighted by Crippen LogP contribution is 2.14. The highest BCUT2D eigenvalue weighted by Gasteiger charge is 2.28. The van der Waals surface area contributed by atoms with Gasteiger partial charge < -0.3 is 14.9 Å². The standard InChI is InChI=1S/C17H31N4O4/c1-4-5-6-7-8-9-10-25-16(24)11-21(2,3)17-19-14(12-22)18-15(13-23)20-17/h22-23H,4-13H2,1-3H3/q+1. The highest BCUT2D eigenvalue weighted by atomic mass is 16.5. The fourth-order valence-corrected chi connectivity index (χ4v) is 2.37. The number of nitrogens with zero attached hydrogens (tertiary/aromatic N) is 4. The SMILES string of the molecule is CCCCCCCCOC(=O)C[N+](C)(C)c1nc(CO)nc(CO)n1. The van der Waals surface area contributed by atoms with Crippen molar-refractivity contribution in [2.45, 2.75) is 58.7 Å². The van der Waals surface area contributed by atoms with Crippen molar-refractivity contribution in [2.24, 2.45) is 0 Å². The number of hydrogen-bond acceptors (Lipinski definition) is 7. The molecular weight excluding hydrogens is 324 g/mol. The van der Waals surface area contributed by atoms with Crippen LogP contribution in [0.1, 0.15) is 57.1 Å². The Balaban J connectivity index is 2.49. The zero-order valence-corrected chi connectivity index (χ0v) is 15.6. The zero-order valence-electron chi connectivity index (χ0n) is 15.6. The Hall–Kier alpha value is -1.64. The number of unbranched alkanes of at least 4 members (excludes halogenated alkanes) is 5. The van der Waals surface area contributed by atoms with Crippen molar-refractivity contribution in [3.05, 3.63) is 11.6 Å². The molecule has 0 unspecified atom stereocenters. The second-order valence-electron chi connectivity index (χ2n) is 6.62. The van der Waals surface area contributed by atoms with Crippen LogP contribution in [0.15, 0.2) is 0 Å². The molecular formula is C17H31N4O4+. The molecule has 1 aromatic rings. The first kappa shape index (κ1) is 21.4. The zero-order chi connectivity index (χ0) is 18.7. The lowest BCUT2D eigenvalue weighted by atomic mass is 10.1. The predicted octanol–water partition coefficient (Wildman–Crippen LogP) is 1.33. The van der Waals surface area contributed by atoms with Crippen molar-refractivity contribution < 1.29 is 19.7 Å². The second-order valence-corrected chi connectivity index (χ2v) is 6.62. The molecule has 0 aliphatic heterocycles. The van der Waals surface area contributed by atoms with Gasteiger partial charge in [-0.05, 0) is 6.42 Å². The summed E-state index contributed by atoms with van der Waals surface area (Å²) in [6.07, 6.45) is 6.81. The van der Waals surface area contributed by atoms with E-state index in [4.69, 9.17) is 4.74 Å². The molecule has 0 saturated heterocycles. The van der Waals surface area contributed by atoms with Gasteiger partial charge in [-0.3, -0.25) is 4.48 Å². The Bertz CT molecular complexity index is 515. The van der Waals surface area contributed by atoms with Gasteiger partial charge in [0, 0.05) is 0 Å². The van der Waals surface area contributed by atoms with Gasteiger partial charge in [0.1, 0.15) is 13.2 Å². The average molecular weight is 355 g/mol. The van der Waals surface area contributed by atoms with E-state index in [0.717, 1.165) is 12.8 Å². The molecule has 1 heterocycles. The number of quaternary nitrogens is 1. The van der Waals surface area contributed by atoms with E-state index in [9.17, 15) is 15.0 Å². The van der Waals surface area contributed by atoms with Crippen LogP contribution in [0.3, 0.4) is 0 Å². The summed E-state index contributed by atoms with van der Waals surface area (Å²) >= 11 is 0. The molecule has 1 aromatic heterocycles. The van der Waals surface area contributed by atoms with Crippen molar-refractivity contribution in [2.75, 3.05) is 27.2 Å². The molecule has 8 nitrogen and oxygen atoms in total. The van der Waals surface area contributed by atoms with E-state index in [1.807, 2.05) is 0 Å². The Labute approximate surface area is 149 Å². The lowest BCUT2D eigenvalue weighted by Gasteiger charge is -2.25. The minimum absolute atomic E-state index is 0.0534. The lowest BCUT2D eigenvalue weighted by Crippen LogP contribution is -2.47. The van der Waals surface area contributed by atoms with E-state index in [2.05, 4.69) is 21.9 Å². The number of hydrogen-bond donors (Lipinski definition) is 2. The van der Waals surface area contributed by atoms with Crippen LogP contribution < -0.4 is 4.48 Å². The van der Waals surface area contributed by atoms with E-state index in [1.165, 1.54) is 25.7 Å². The molecule has 142 valence electrons. The third-order valence-electron chi connectivity index (χ3n) is 3.83. The highest BCUT2D eigenvalue weighted by molar-refractivity contribution is 5.73. The molecule has 2 N–H and O–H groups in total. The molecule has 0 aliphatic rings. The van der Waals surface area contributed by atoms with Gasteiger partial charge in [0.2, 0.25) is 0 Å². The number of aliphatic hydroxyl groups is 2. The Morgan fingerprint density at radius 2 is 1.52 bits per heavy atom. The van der Waals surface area contributed by atoms with Crippen molar-refractivity contribution in [3.63, 3.8) is 0 Å². The number of carbonyl (C=O) groups excluding carboxylic acids is 1. The van der Waals surface area contributed by atoms with Crippen LogP contribution in [0.2, 0.25) is 0 Å². The quantitative estimate of drug-likeness (QED) is 0.331. The minimum Gasteiger partial charge on any atom is -0.462 e. The first-order valence-corrected chi connectivity index (χ1v) is 8.87. The van der Waals surface area contributed by atoms with E-state index in [-0.39, 0.29) is 41.9 Å². The summed E-state index contributed by atoms with van der Waals surface area (Å²) in [7, 11) is 3.54. The van der Waals surface area contributed by atoms with Crippen LogP contribution in [-0.4, -0.2) is 58.4 Å². The molecule has 0 amide bonds. The summed E-state index contributed by atoms with van der Waals surface area (Å²) in [5.41, 5.74) is 0. The summed E-state index contributed by atoms with van der Waals surface area (Å²) in [6.45, 7) is 1.96. The van der Waals surface area contributed by atoms with Crippen LogP contribution in [0.25, 0.3) is 0 Å². The summed E-state index contributed by atoms with van der Waals surface area (Å²) < 4.78 is 5.35. The maximum atomic E-state index is 12.1. The van der Waals surface area contributed by atoms with Gasteiger partial charge in [0.05, 0.1) is 20.7 Å². The second kappa shape index (κ2) is 11.1. The summed E-state index contributed by atoms with van der Waals surface area (Å²) in [4.78, 5) is 24.3. The van der Waals surface area contributed by atoms with Crippen molar-refractivity contribution in [1.29, 1.82) is 0 Å². The van der Waals surface area contributed by atoms with E-state index < -0.39 is 0 Å². The van der Waals surface area contributed by atoms with Crippen LogP contribution in [0, 0.1) is 0 Å². The molecule has 0 aromatic carbocycles. The van der Waals surface area contributed by atoms with Crippen LogP contribution in [0.4, 0.5) is 5.95 Å². The fourth-order valence-electron chi connectivity index (χ4n) is 2.37. The smallest absolute Gasteiger partial charge is 0.362 e. The molecule has 0 spiro atoms. The van der Waals surface area contributed by atoms with Crippen LogP contribution >= 0.6 is 0 Å². The monoisotopic (exact) mass is 355 g/mol. The van der Waals surface area contributed by atoms with Gasteiger partial charge in [-0.2, -0.15) is 9.97 Å². The first-order chi connectivity index (χ1) is 11.9. The molecule has 0 radical (unpaired) electrons. The van der Waals surface area contributed by atoms with Gasteiger partial charge in [0.15, 0.2) is 18.2 Å². The van der Waals surface area contributed by atoms with Gasteiger partial charge in [-0.25, -0.2) is 9.78 Å². The van der Waals surface area contributed by atoms with Gasteiger partial charge in [-0.15, -0.1) is 0 Å². The number of aromatic nitrogens is 3. The number of rotatable bonds is 12. The van der Waals surface area contributed by atoms with Gasteiger partial charge in [0.25, 0.3) is 0 Å². The Morgan fingerprint density at radius 1 is 0.960 bits per heavy atom. The topological polar surface area (TPSA) is 105 Å². The largest absolute Gasteiger partial charge is 0.462 e. The summed E-state index contributed by atoms with van der Waals surface area (Å²) in [5.74, 6) is 0.316. The Morgan fingerprint density at radius 3 is 2.08 bits per heavy atom. The van der Waals surface area contributed by atoms with Crippen LogP contribution in [0.5, 0.6) is 0 Å². The average Bonchev–Trinajstić information content (AvgIpc) is 2.60. The van der Waals surface area contributed by atoms with E-state index in [1.54, 1.807) is 14.1 Å². The molecule has 25 heavy (non-hydrogen) atoms. The van der Waals surface area contributed by atoms with Crippen molar-refractivity contribution in [1.82, 2.24) is 19.4 Å². The molecule has 0 saturated carbocycles. The third kappa shape index (κ3) is 7.85. The van der Waals surface area contributed by atoms with Crippen LogP contribution in [-0.2, 0) is 22.7 Å². The minimum atomic E-state index is -0.356. The molecule has 0 bridgehead atoms. The number of likely N-dealkylation sites (N-methyl/N-ethyl adjacent to an activating group) is 1. The molecule has 0 aliphatic carbocycles. The first-order valence-electron chi connectivity index (χ1n) is 8.87. The molecule has 8 heteroatoms. The fraction of sp³-hybridized carbons (Fsp3) is 0.765. The number of carbonyl (C=O) groups is 1. The predicted molar refractivity (Wildman–Crippen MR) is 94.5 cm³/mol. The summed E-state index contributed by atoms with van der Waals surface area (Å²) in [5, 5.41) is 18.4. The van der Waals surface area contributed by atoms with E-state index >= 15 is 0 Å². The third-order valence-corrected chi connectivity index (χ3v) is 3.83. The number of esters is 1. The van der Waals surface area contributed by atoms with Gasteiger partial charge in [-0.1, -0.05) is 39.0 Å². The van der Waals surface area contributed by atoms with Crippen molar-refractivity contribution in [3.8, 4) is 0 Å².